The van der Waals surface area contributed by atoms with Gasteiger partial charge in [0, 0.05) is 23.0 Å². The molecule has 1 saturated carbocycles. The second-order valence-corrected chi connectivity index (χ2v) is 7.44. The lowest BCUT2D eigenvalue weighted by molar-refractivity contribution is -0.117. The summed E-state index contributed by atoms with van der Waals surface area (Å²) in [6.07, 6.45) is 1.94. The number of para-hydroxylation sites is 1. The summed E-state index contributed by atoms with van der Waals surface area (Å²) in [4.78, 5) is 24.5. The van der Waals surface area contributed by atoms with Gasteiger partial charge >= 0.3 is 0 Å². The zero-order chi connectivity index (χ0) is 19.4. The minimum Gasteiger partial charge on any atom is -0.374 e. The Morgan fingerprint density at radius 3 is 2.33 bits per heavy atom. The average molecular weight is 365 g/mol. The van der Waals surface area contributed by atoms with Gasteiger partial charge in [-0.2, -0.15) is 0 Å². The first-order chi connectivity index (χ1) is 12.9. The summed E-state index contributed by atoms with van der Waals surface area (Å²) in [6, 6.07) is 14.9. The Hall–Kier alpha value is -2.82. The van der Waals surface area contributed by atoms with Crippen molar-refractivity contribution in [2.45, 2.75) is 45.6 Å². The van der Waals surface area contributed by atoms with Crippen LogP contribution in [-0.4, -0.2) is 17.9 Å². The van der Waals surface area contributed by atoms with Crippen LogP contribution in [0.15, 0.2) is 48.5 Å². The third-order valence-electron chi connectivity index (χ3n) is 4.70. The number of anilines is 3. The van der Waals surface area contributed by atoms with E-state index in [9.17, 15) is 9.59 Å². The maximum Gasteiger partial charge on any atom is 0.246 e. The highest BCUT2D eigenvalue weighted by atomic mass is 16.2. The average Bonchev–Trinajstić information content (AvgIpc) is 3.47. The van der Waals surface area contributed by atoms with Crippen molar-refractivity contribution in [3.63, 3.8) is 0 Å². The summed E-state index contributed by atoms with van der Waals surface area (Å²) in [6.45, 7) is 6.03. The number of carbonyl (C=O) groups is 2. The van der Waals surface area contributed by atoms with Crippen LogP contribution in [0.1, 0.15) is 45.1 Å². The number of benzene rings is 2. The van der Waals surface area contributed by atoms with E-state index in [1.165, 1.54) is 0 Å². The SMILES string of the molecule is CC(Nc1cccc(NC(=O)C2CC2)c1)C(=O)Nc1ccccc1C(C)C. The molecule has 5 heteroatoms. The van der Waals surface area contributed by atoms with Gasteiger partial charge in [-0.3, -0.25) is 9.59 Å². The van der Waals surface area contributed by atoms with Gasteiger partial charge in [-0.05, 0) is 55.5 Å². The van der Waals surface area contributed by atoms with Gasteiger partial charge in [-0.15, -0.1) is 0 Å². The Bertz CT molecular complexity index is 828. The highest BCUT2D eigenvalue weighted by Crippen LogP contribution is 2.30. The van der Waals surface area contributed by atoms with E-state index in [1.807, 2.05) is 55.5 Å². The van der Waals surface area contributed by atoms with Crippen molar-refractivity contribution >= 4 is 28.9 Å². The zero-order valence-corrected chi connectivity index (χ0v) is 16.1. The second-order valence-electron chi connectivity index (χ2n) is 7.44. The van der Waals surface area contributed by atoms with Gasteiger partial charge in [0.1, 0.15) is 6.04 Å². The maximum atomic E-state index is 12.6. The van der Waals surface area contributed by atoms with E-state index in [0.29, 0.717) is 5.92 Å². The molecule has 0 aliphatic heterocycles. The normalized spacial score (nSPS) is 14.5. The fourth-order valence-electron chi connectivity index (χ4n) is 2.95. The highest BCUT2D eigenvalue weighted by Gasteiger charge is 2.29. The first kappa shape index (κ1) is 19.0. The molecule has 1 atom stereocenters. The molecule has 27 heavy (non-hydrogen) atoms. The van der Waals surface area contributed by atoms with Gasteiger partial charge in [-0.1, -0.05) is 38.1 Å². The fourth-order valence-corrected chi connectivity index (χ4v) is 2.95. The molecule has 2 amide bonds. The molecular weight excluding hydrogens is 338 g/mol. The van der Waals surface area contributed by atoms with Gasteiger partial charge in [-0.25, -0.2) is 0 Å². The molecule has 0 saturated heterocycles. The monoisotopic (exact) mass is 365 g/mol. The van der Waals surface area contributed by atoms with Crippen LogP contribution in [0.3, 0.4) is 0 Å². The van der Waals surface area contributed by atoms with Gasteiger partial charge in [0.15, 0.2) is 0 Å². The maximum absolute atomic E-state index is 12.6. The van der Waals surface area contributed by atoms with Crippen LogP contribution in [0.5, 0.6) is 0 Å². The van der Waals surface area contributed by atoms with Crippen molar-refractivity contribution in [2.24, 2.45) is 5.92 Å². The fraction of sp³-hybridized carbons (Fsp3) is 0.364. The number of rotatable bonds is 7. The van der Waals surface area contributed by atoms with Crippen molar-refractivity contribution in [3.8, 4) is 0 Å². The molecule has 2 aromatic carbocycles. The molecule has 3 N–H and O–H groups in total. The van der Waals surface area contributed by atoms with Gasteiger partial charge in [0.05, 0.1) is 0 Å². The smallest absolute Gasteiger partial charge is 0.246 e. The molecule has 0 radical (unpaired) electrons. The Kier molecular flexibility index (Phi) is 5.79. The lowest BCUT2D eigenvalue weighted by Crippen LogP contribution is -2.32. The molecule has 0 aromatic heterocycles. The minimum atomic E-state index is -0.417. The lowest BCUT2D eigenvalue weighted by Gasteiger charge is -2.18. The summed E-state index contributed by atoms with van der Waals surface area (Å²) in [5, 5.41) is 9.14. The van der Waals surface area contributed by atoms with E-state index in [4.69, 9.17) is 0 Å². The van der Waals surface area contributed by atoms with Crippen molar-refractivity contribution in [1.82, 2.24) is 0 Å². The molecule has 1 aliphatic carbocycles. The third-order valence-corrected chi connectivity index (χ3v) is 4.70. The van der Waals surface area contributed by atoms with Crippen molar-refractivity contribution in [3.05, 3.63) is 54.1 Å². The van der Waals surface area contributed by atoms with E-state index >= 15 is 0 Å². The summed E-state index contributed by atoms with van der Waals surface area (Å²) >= 11 is 0. The summed E-state index contributed by atoms with van der Waals surface area (Å²) < 4.78 is 0. The van der Waals surface area contributed by atoms with Crippen LogP contribution in [0.2, 0.25) is 0 Å². The van der Waals surface area contributed by atoms with Crippen LogP contribution in [-0.2, 0) is 9.59 Å². The number of hydrogen-bond acceptors (Lipinski definition) is 3. The van der Waals surface area contributed by atoms with Crippen molar-refractivity contribution in [1.29, 1.82) is 0 Å². The van der Waals surface area contributed by atoms with Gasteiger partial charge in [0.2, 0.25) is 11.8 Å². The molecule has 1 aliphatic rings. The van der Waals surface area contributed by atoms with E-state index < -0.39 is 6.04 Å². The van der Waals surface area contributed by atoms with Gasteiger partial charge in [0.25, 0.3) is 0 Å². The number of hydrogen-bond donors (Lipinski definition) is 3. The Morgan fingerprint density at radius 2 is 1.63 bits per heavy atom. The predicted octanol–water partition coefficient (Wildman–Crippen LogP) is 4.60. The molecule has 0 bridgehead atoms. The second kappa shape index (κ2) is 8.25. The van der Waals surface area contributed by atoms with Crippen LogP contribution in [0.25, 0.3) is 0 Å². The Labute approximate surface area is 160 Å². The summed E-state index contributed by atoms with van der Waals surface area (Å²) in [5.41, 5.74) is 3.50. The molecule has 5 nitrogen and oxygen atoms in total. The zero-order valence-electron chi connectivity index (χ0n) is 16.1. The van der Waals surface area contributed by atoms with Crippen LogP contribution in [0.4, 0.5) is 17.1 Å². The van der Waals surface area contributed by atoms with Crippen molar-refractivity contribution < 1.29 is 9.59 Å². The number of amides is 2. The molecule has 0 heterocycles. The molecule has 1 unspecified atom stereocenters. The van der Waals surface area contributed by atoms with E-state index in [-0.39, 0.29) is 17.7 Å². The van der Waals surface area contributed by atoms with E-state index in [1.54, 1.807) is 0 Å². The van der Waals surface area contributed by atoms with E-state index in [0.717, 1.165) is 35.5 Å². The third kappa shape index (κ3) is 5.09. The number of carbonyl (C=O) groups excluding carboxylic acids is 2. The number of nitrogens with one attached hydrogen (secondary N) is 3. The Morgan fingerprint density at radius 1 is 0.926 bits per heavy atom. The topological polar surface area (TPSA) is 70.2 Å². The molecule has 2 aromatic rings. The quantitative estimate of drug-likeness (QED) is 0.672. The Balaban J connectivity index is 1.62. The standard InChI is InChI=1S/C22H27N3O2/c1-14(2)19-9-4-5-10-20(19)25-21(26)15(3)23-17-7-6-8-18(13-17)24-22(27)16-11-12-16/h4-10,13-16,23H,11-12H2,1-3H3,(H,24,27)(H,25,26). The predicted molar refractivity (Wildman–Crippen MR) is 110 cm³/mol. The minimum absolute atomic E-state index is 0.0724. The molecular formula is C22H27N3O2. The summed E-state index contributed by atoms with van der Waals surface area (Å²) in [7, 11) is 0. The molecule has 142 valence electrons. The van der Waals surface area contributed by atoms with E-state index in [2.05, 4.69) is 29.8 Å². The first-order valence-electron chi connectivity index (χ1n) is 9.51. The van der Waals surface area contributed by atoms with Gasteiger partial charge < -0.3 is 16.0 Å². The van der Waals surface area contributed by atoms with Crippen LogP contribution in [0, 0.1) is 5.92 Å². The van der Waals surface area contributed by atoms with Crippen LogP contribution < -0.4 is 16.0 Å². The van der Waals surface area contributed by atoms with Crippen molar-refractivity contribution in [2.75, 3.05) is 16.0 Å². The summed E-state index contributed by atoms with van der Waals surface area (Å²) in [5.74, 6) is 0.461. The lowest BCUT2D eigenvalue weighted by atomic mass is 10.0. The first-order valence-corrected chi connectivity index (χ1v) is 9.51. The molecule has 0 spiro atoms. The largest absolute Gasteiger partial charge is 0.374 e. The van der Waals surface area contributed by atoms with Crippen LogP contribution >= 0.6 is 0 Å². The highest BCUT2D eigenvalue weighted by molar-refractivity contribution is 5.97. The molecule has 1 fully saturated rings. The molecule has 3 rings (SSSR count).